The van der Waals surface area contributed by atoms with Crippen molar-refractivity contribution >= 4 is 5.97 Å². The minimum Gasteiger partial charge on any atom is -0.475 e. The molecule has 6 nitrogen and oxygen atoms in total. The van der Waals surface area contributed by atoms with E-state index in [-0.39, 0.29) is 5.89 Å². The summed E-state index contributed by atoms with van der Waals surface area (Å²) in [6.07, 6.45) is -0.935. The van der Waals surface area contributed by atoms with Crippen LogP contribution in [0.3, 0.4) is 0 Å². The van der Waals surface area contributed by atoms with Gasteiger partial charge in [0, 0.05) is 0 Å². The first kappa shape index (κ1) is 7.67. The summed E-state index contributed by atoms with van der Waals surface area (Å²) in [6, 6.07) is 0. The van der Waals surface area contributed by atoms with Crippen LogP contribution in [0.5, 0.6) is 0 Å². The molecule has 11 heavy (non-hydrogen) atoms. The zero-order valence-electron chi connectivity index (χ0n) is 5.68. The van der Waals surface area contributed by atoms with Gasteiger partial charge in [0.25, 0.3) is 11.7 Å². The van der Waals surface area contributed by atoms with Crippen molar-refractivity contribution in [3.05, 3.63) is 11.7 Å². The van der Waals surface area contributed by atoms with Gasteiger partial charge in [0.15, 0.2) is 0 Å². The number of carboxylic acids is 1. The number of aliphatic hydroxyl groups is 1. The standard InChI is InChI=1S/C5H6N2O4/c1-2(8)4-6-3(5(9)10)7-11-4/h2,8H,1H3,(H,9,10). The lowest BCUT2D eigenvalue weighted by Crippen LogP contribution is -1.99. The first-order valence-electron chi connectivity index (χ1n) is 2.86. The molecule has 0 bridgehead atoms. The Bertz CT molecular complexity index is 267. The van der Waals surface area contributed by atoms with Crippen molar-refractivity contribution in [3.8, 4) is 0 Å². The average Bonchev–Trinajstić information content (AvgIpc) is 2.33. The third kappa shape index (κ3) is 1.53. The normalized spacial score (nSPS) is 12.9. The van der Waals surface area contributed by atoms with E-state index < -0.39 is 17.9 Å². The molecule has 1 aromatic rings. The summed E-state index contributed by atoms with van der Waals surface area (Å²) in [5.41, 5.74) is 0. The van der Waals surface area contributed by atoms with Gasteiger partial charge in [-0.15, -0.1) is 0 Å². The molecule has 0 fully saturated rings. The maximum absolute atomic E-state index is 10.2. The molecule has 0 spiro atoms. The molecule has 0 saturated heterocycles. The molecule has 6 heteroatoms. The number of aromatic carboxylic acids is 1. The maximum Gasteiger partial charge on any atom is 0.377 e. The number of hydrogen-bond donors (Lipinski definition) is 2. The van der Waals surface area contributed by atoms with Crippen LogP contribution in [0.1, 0.15) is 29.5 Å². The molecule has 0 aliphatic heterocycles. The molecule has 0 aliphatic carbocycles. The van der Waals surface area contributed by atoms with Gasteiger partial charge in [0.05, 0.1) is 0 Å². The third-order valence-electron chi connectivity index (χ3n) is 0.990. The highest BCUT2D eigenvalue weighted by Gasteiger charge is 2.15. The van der Waals surface area contributed by atoms with Gasteiger partial charge >= 0.3 is 5.97 Å². The fraction of sp³-hybridized carbons (Fsp3) is 0.400. The highest BCUT2D eigenvalue weighted by molar-refractivity contribution is 5.82. The van der Waals surface area contributed by atoms with Crippen molar-refractivity contribution in [1.29, 1.82) is 0 Å². The van der Waals surface area contributed by atoms with E-state index >= 15 is 0 Å². The summed E-state index contributed by atoms with van der Waals surface area (Å²) in [4.78, 5) is 13.6. The Balaban J connectivity index is 2.90. The fourth-order valence-corrected chi connectivity index (χ4v) is 0.492. The molecular weight excluding hydrogens is 152 g/mol. The lowest BCUT2D eigenvalue weighted by molar-refractivity contribution is 0.0680. The molecule has 1 atom stereocenters. The van der Waals surface area contributed by atoms with Crippen LogP contribution >= 0.6 is 0 Å². The van der Waals surface area contributed by atoms with Crippen LogP contribution < -0.4 is 0 Å². The Labute approximate surface area is 61.5 Å². The summed E-state index contributed by atoms with van der Waals surface area (Å²) >= 11 is 0. The summed E-state index contributed by atoms with van der Waals surface area (Å²) in [5, 5.41) is 20.2. The van der Waals surface area contributed by atoms with Gasteiger partial charge in [-0.3, -0.25) is 0 Å². The highest BCUT2D eigenvalue weighted by atomic mass is 16.5. The minimum atomic E-state index is -1.28. The highest BCUT2D eigenvalue weighted by Crippen LogP contribution is 2.07. The van der Waals surface area contributed by atoms with Gasteiger partial charge in [-0.05, 0) is 12.1 Å². The van der Waals surface area contributed by atoms with Gasteiger partial charge in [-0.2, -0.15) is 4.98 Å². The number of carbonyl (C=O) groups is 1. The van der Waals surface area contributed by atoms with E-state index in [1.54, 1.807) is 0 Å². The minimum absolute atomic E-state index is 0.0950. The largest absolute Gasteiger partial charge is 0.475 e. The molecular formula is C5H6N2O4. The van der Waals surface area contributed by atoms with E-state index in [0.29, 0.717) is 0 Å². The number of nitrogens with zero attached hydrogens (tertiary/aromatic N) is 2. The molecule has 1 rings (SSSR count). The molecule has 0 radical (unpaired) electrons. The summed E-state index contributed by atoms with van der Waals surface area (Å²) in [6.45, 7) is 1.40. The Morgan fingerprint density at radius 2 is 2.36 bits per heavy atom. The van der Waals surface area contributed by atoms with Crippen LogP contribution in [0.25, 0.3) is 0 Å². The average molecular weight is 158 g/mol. The van der Waals surface area contributed by atoms with Crippen molar-refractivity contribution in [1.82, 2.24) is 10.1 Å². The molecule has 0 saturated carbocycles. The number of rotatable bonds is 2. The van der Waals surface area contributed by atoms with E-state index in [1.165, 1.54) is 6.92 Å². The number of carboxylic acid groups (broad SMARTS) is 1. The molecule has 1 heterocycles. The first-order chi connectivity index (χ1) is 5.11. The van der Waals surface area contributed by atoms with Crippen LogP contribution in [-0.4, -0.2) is 26.3 Å². The Kier molecular flexibility index (Phi) is 1.86. The van der Waals surface area contributed by atoms with E-state index in [9.17, 15) is 4.79 Å². The van der Waals surface area contributed by atoms with Crippen molar-refractivity contribution in [2.75, 3.05) is 0 Å². The maximum atomic E-state index is 10.2. The molecule has 1 aromatic heterocycles. The molecule has 60 valence electrons. The lowest BCUT2D eigenvalue weighted by Gasteiger charge is -1.90. The van der Waals surface area contributed by atoms with Gasteiger partial charge in [-0.1, -0.05) is 0 Å². The topological polar surface area (TPSA) is 96.5 Å². The molecule has 2 N–H and O–H groups in total. The van der Waals surface area contributed by atoms with E-state index in [4.69, 9.17) is 10.2 Å². The smallest absolute Gasteiger partial charge is 0.377 e. The van der Waals surface area contributed by atoms with Crippen LogP contribution in [0, 0.1) is 0 Å². The number of aromatic nitrogens is 2. The second kappa shape index (κ2) is 2.67. The van der Waals surface area contributed by atoms with Gasteiger partial charge < -0.3 is 14.7 Å². The second-order valence-electron chi connectivity index (χ2n) is 1.94. The zero-order valence-corrected chi connectivity index (χ0v) is 5.68. The number of aliphatic hydroxyl groups excluding tert-OH is 1. The lowest BCUT2D eigenvalue weighted by atomic mass is 10.4. The third-order valence-corrected chi connectivity index (χ3v) is 0.990. The van der Waals surface area contributed by atoms with Crippen LogP contribution in [0.4, 0.5) is 0 Å². The number of hydrogen-bond acceptors (Lipinski definition) is 5. The van der Waals surface area contributed by atoms with E-state index in [2.05, 4.69) is 14.7 Å². The predicted octanol–water partition coefficient (Wildman–Crippen LogP) is -0.179. The fourth-order valence-electron chi connectivity index (χ4n) is 0.492. The zero-order chi connectivity index (χ0) is 8.43. The molecule has 0 aliphatic rings. The van der Waals surface area contributed by atoms with Crippen molar-refractivity contribution in [3.63, 3.8) is 0 Å². The quantitative estimate of drug-likeness (QED) is 0.619. The van der Waals surface area contributed by atoms with Crippen molar-refractivity contribution in [2.24, 2.45) is 0 Å². The van der Waals surface area contributed by atoms with Crippen LogP contribution in [0.15, 0.2) is 4.52 Å². The van der Waals surface area contributed by atoms with Gasteiger partial charge in [-0.25, -0.2) is 4.79 Å². The van der Waals surface area contributed by atoms with Crippen LogP contribution in [-0.2, 0) is 0 Å². The summed E-state index contributed by atoms with van der Waals surface area (Å²) in [5.74, 6) is -1.82. The summed E-state index contributed by atoms with van der Waals surface area (Å²) in [7, 11) is 0. The Morgan fingerprint density at radius 1 is 1.73 bits per heavy atom. The van der Waals surface area contributed by atoms with Crippen LogP contribution in [0.2, 0.25) is 0 Å². The predicted molar refractivity (Wildman–Crippen MR) is 31.9 cm³/mol. The Morgan fingerprint density at radius 3 is 2.64 bits per heavy atom. The molecule has 0 aromatic carbocycles. The monoisotopic (exact) mass is 158 g/mol. The van der Waals surface area contributed by atoms with Gasteiger partial charge in [0.1, 0.15) is 6.10 Å². The van der Waals surface area contributed by atoms with Crippen molar-refractivity contribution < 1.29 is 19.5 Å². The second-order valence-corrected chi connectivity index (χ2v) is 1.94. The van der Waals surface area contributed by atoms with Crippen molar-refractivity contribution in [2.45, 2.75) is 13.0 Å². The van der Waals surface area contributed by atoms with E-state index in [1.807, 2.05) is 0 Å². The van der Waals surface area contributed by atoms with Gasteiger partial charge in [0.2, 0.25) is 0 Å². The summed E-state index contributed by atoms with van der Waals surface area (Å²) < 4.78 is 4.40. The molecule has 1 unspecified atom stereocenters. The first-order valence-corrected chi connectivity index (χ1v) is 2.86. The molecule has 0 amide bonds. The van der Waals surface area contributed by atoms with E-state index in [0.717, 1.165) is 0 Å². The Hall–Kier alpha value is -1.43. The SMILES string of the molecule is CC(O)c1nc(C(=O)O)no1.